The van der Waals surface area contributed by atoms with Gasteiger partial charge in [-0.1, -0.05) is 0 Å². The summed E-state index contributed by atoms with van der Waals surface area (Å²) in [5.74, 6) is 4.84. The zero-order valence-electron chi connectivity index (χ0n) is 11.2. The van der Waals surface area contributed by atoms with Crippen LogP contribution in [-0.2, 0) is 0 Å². The quantitative estimate of drug-likeness (QED) is 0.918. The third-order valence-corrected chi connectivity index (χ3v) is 5.20. The highest BCUT2D eigenvalue weighted by Gasteiger charge is 2.65. The van der Waals surface area contributed by atoms with Crippen molar-refractivity contribution in [1.29, 1.82) is 0 Å². The number of rotatable bonds is 3. The van der Waals surface area contributed by atoms with Gasteiger partial charge in [0.25, 0.3) is 0 Å². The summed E-state index contributed by atoms with van der Waals surface area (Å²) in [6.45, 7) is 0. The number of hydrogen-bond acceptors (Lipinski definition) is 5. The van der Waals surface area contributed by atoms with Crippen LogP contribution in [0.2, 0.25) is 5.28 Å². The van der Waals surface area contributed by atoms with Gasteiger partial charge in [0.05, 0.1) is 0 Å². The topological polar surface area (TPSA) is 53.9 Å². The van der Waals surface area contributed by atoms with Crippen LogP contribution in [0.4, 0.5) is 11.9 Å². The average Bonchev–Trinajstić information content (AvgIpc) is 2.77. The molecule has 4 rings (SSSR count). The monoisotopic (exact) mass is 279 g/mol. The maximum atomic E-state index is 5.96. The molecule has 0 amide bonds. The van der Waals surface area contributed by atoms with Gasteiger partial charge in [-0.2, -0.15) is 15.0 Å². The minimum Gasteiger partial charge on any atom is -0.351 e. The molecule has 4 unspecified atom stereocenters. The first-order chi connectivity index (χ1) is 9.13. The van der Waals surface area contributed by atoms with Gasteiger partial charge in [-0.15, -0.1) is 0 Å². The van der Waals surface area contributed by atoms with Crippen molar-refractivity contribution >= 4 is 23.5 Å². The summed E-state index contributed by atoms with van der Waals surface area (Å²) in [5.41, 5.74) is 0. The predicted molar refractivity (Wildman–Crippen MR) is 74.4 cm³/mol. The van der Waals surface area contributed by atoms with Gasteiger partial charge < -0.3 is 10.2 Å². The number of nitrogens with zero attached hydrogens (tertiary/aromatic N) is 4. The Morgan fingerprint density at radius 1 is 1.11 bits per heavy atom. The second-order valence-corrected chi connectivity index (χ2v) is 6.62. The predicted octanol–water partition coefficient (Wildman–Crippen LogP) is 2.05. The van der Waals surface area contributed by atoms with Crippen LogP contribution >= 0.6 is 11.6 Å². The van der Waals surface area contributed by atoms with Crippen LogP contribution in [0.3, 0.4) is 0 Å². The first-order valence-corrected chi connectivity index (χ1v) is 7.36. The van der Waals surface area contributed by atoms with Crippen LogP contribution in [0, 0.1) is 23.7 Å². The summed E-state index contributed by atoms with van der Waals surface area (Å²) in [5, 5.41) is 3.74. The summed E-state index contributed by atoms with van der Waals surface area (Å²) in [7, 11) is 3.81. The van der Waals surface area contributed by atoms with Crippen molar-refractivity contribution in [2.75, 3.05) is 24.3 Å². The fraction of sp³-hybridized carbons (Fsp3) is 0.769. The molecular formula is C13H18ClN5. The van der Waals surface area contributed by atoms with E-state index in [9.17, 15) is 0 Å². The van der Waals surface area contributed by atoms with E-state index in [-0.39, 0.29) is 5.28 Å². The Morgan fingerprint density at radius 3 is 2.42 bits per heavy atom. The van der Waals surface area contributed by atoms with E-state index in [1.54, 1.807) is 0 Å². The molecule has 0 radical (unpaired) electrons. The Morgan fingerprint density at radius 2 is 1.79 bits per heavy atom. The Balaban J connectivity index is 1.52. The molecule has 102 valence electrons. The highest BCUT2D eigenvalue weighted by molar-refractivity contribution is 6.28. The zero-order valence-corrected chi connectivity index (χ0v) is 11.9. The molecular weight excluding hydrogens is 262 g/mol. The Kier molecular flexibility index (Phi) is 2.43. The van der Waals surface area contributed by atoms with Crippen molar-refractivity contribution in [2.24, 2.45) is 23.7 Å². The van der Waals surface area contributed by atoms with Gasteiger partial charge >= 0.3 is 0 Å². The Labute approximate surface area is 117 Å². The number of nitrogens with one attached hydrogen (secondary N) is 1. The lowest BCUT2D eigenvalue weighted by Crippen LogP contribution is -2.18. The fourth-order valence-corrected chi connectivity index (χ4v) is 4.43. The van der Waals surface area contributed by atoms with Gasteiger partial charge in [-0.3, -0.25) is 0 Å². The molecule has 5 nitrogen and oxygen atoms in total. The number of fused-ring (bicyclic) bond motifs is 5. The van der Waals surface area contributed by atoms with Crippen LogP contribution < -0.4 is 10.2 Å². The van der Waals surface area contributed by atoms with Gasteiger partial charge in [0.2, 0.25) is 17.2 Å². The average molecular weight is 280 g/mol. The summed E-state index contributed by atoms with van der Waals surface area (Å²) >= 11 is 5.96. The van der Waals surface area contributed by atoms with Crippen molar-refractivity contribution in [3.63, 3.8) is 0 Å². The molecule has 2 bridgehead atoms. The maximum Gasteiger partial charge on any atom is 0.230 e. The molecule has 3 saturated carbocycles. The van der Waals surface area contributed by atoms with Crippen LogP contribution in [0.5, 0.6) is 0 Å². The first kappa shape index (κ1) is 11.7. The van der Waals surface area contributed by atoms with Crippen LogP contribution in [0.25, 0.3) is 0 Å². The van der Waals surface area contributed by atoms with Crippen molar-refractivity contribution in [1.82, 2.24) is 15.0 Å². The molecule has 1 heterocycles. The first-order valence-electron chi connectivity index (χ1n) is 6.99. The van der Waals surface area contributed by atoms with E-state index < -0.39 is 0 Å². The summed E-state index contributed by atoms with van der Waals surface area (Å²) in [4.78, 5) is 14.6. The molecule has 4 atom stereocenters. The lowest BCUT2D eigenvalue weighted by Gasteiger charge is -2.13. The third-order valence-electron chi connectivity index (χ3n) is 5.03. The van der Waals surface area contributed by atoms with E-state index >= 15 is 0 Å². The minimum absolute atomic E-state index is 0.259. The normalized spacial score (nSPS) is 38.2. The summed E-state index contributed by atoms with van der Waals surface area (Å²) < 4.78 is 0. The largest absolute Gasteiger partial charge is 0.351 e. The van der Waals surface area contributed by atoms with Gasteiger partial charge in [0.15, 0.2) is 0 Å². The zero-order chi connectivity index (χ0) is 13.1. The van der Waals surface area contributed by atoms with E-state index in [0.29, 0.717) is 17.9 Å². The second-order valence-electron chi connectivity index (χ2n) is 6.28. The Bertz CT molecular complexity index is 504. The van der Waals surface area contributed by atoms with Gasteiger partial charge in [-0.05, 0) is 54.5 Å². The highest BCUT2D eigenvalue weighted by atomic mass is 35.5. The number of hydrogen-bond donors (Lipinski definition) is 1. The number of anilines is 2. The van der Waals surface area contributed by atoms with Crippen molar-refractivity contribution < 1.29 is 0 Å². The molecule has 0 saturated heterocycles. The van der Waals surface area contributed by atoms with Gasteiger partial charge in [-0.25, -0.2) is 0 Å². The molecule has 1 N–H and O–H groups in total. The lowest BCUT2D eigenvalue weighted by atomic mass is 10.0. The molecule has 3 aliphatic carbocycles. The molecule has 3 aliphatic rings. The molecule has 19 heavy (non-hydrogen) atoms. The minimum atomic E-state index is 0.259. The number of halogens is 1. The molecule has 0 spiro atoms. The molecule has 0 aliphatic heterocycles. The van der Waals surface area contributed by atoms with E-state index in [1.165, 1.54) is 19.3 Å². The van der Waals surface area contributed by atoms with Crippen molar-refractivity contribution in [3.8, 4) is 0 Å². The molecule has 3 fully saturated rings. The van der Waals surface area contributed by atoms with Crippen molar-refractivity contribution in [2.45, 2.75) is 25.3 Å². The Hall–Kier alpha value is -1.10. The summed E-state index contributed by atoms with van der Waals surface area (Å²) in [6.07, 6.45) is 4.30. The smallest absolute Gasteiger partial charge is 0.230 e. The van der Waals surface area contributed by atoms with E-state index in [2.05, 4.69) is 20.3 Å². The van der Waals surface area contributed by atoms with Gasteiger partial charge in [0, 0.05) is 20.1 Å². The fourth-order valence-electron chi connectivity index (χ4n) is 4.27. The van der Waals surface area contributed by atoms with Crippen LogP contribution in [0.15, 0.2) is 0 Å². The van der Waals surface area contributed by atoms with Crippen LogP contribution in [0.1, 0.15) is 19.3 Å². The third kappa shape index (κ3) is 1.78. The van der Waals surface area contributed by atoms with E-state index in [0.717, 1.165) is 23.7 Å². The van der Waals surface area contributed by atoms with Crippen LogP contribution in [-0.4, -0.2) is 35.1 Å². The highest BCUT2D eigenvalue weighted by Crippen LogP contribution is 2.66. The molecule has 0 aromatic carbocycles. The van der Waals surface area contributed by atoms with E-state index in [1.807, 2.05) is 19.0 Å². The molecule has 1 aromatic heterocycles. The molecule has 1 aromatic rings. The van der Waals surface area contributed by atoms with E-state index in [4.69, 9.17) is 11.6 Å². The standard InChI is InChI=1S/C13H18ClN5/c1-19(2)13-17-11(14)16-12(18-13)15-10-8-6-3-4-7(5-6)9(8)10/h6-10H,3-5H2,1-2H3,(H,15,16,17,18). The molecule has 6 heteroatoms. The SMILES string of the molecule is CN(C)c1nc(Cl)nc(NC2C3C4CCC(C4)C23)n1. The maximum absolute atomic E-state index is 5.96. The van der Waals surface area contributed by atoms with Gasteiger partial charge in [0.1, 0.15) is 0 Å². The number of aromatic nitrogens is 3. The summed E-state index contributed by atoms with van der Waals surface area (Å²) in [6, 6.07) is 0.569. The van der Waals surface area contributed by atoms with Crippen molar-refractivity contribution in [3.05, 3.63) is 5.28 Å². The second kappa shape index (κ2) is 3.95. The lowest BCUT2D eigenvalue weighted by molar-refractivity contribution is 0.456.